The van der Waals surface area contributed by atoms with Crippen LogP contribution in [0.4, 0.5) is 13.9 Å². The summed E-state index contributed by atoms with van der Waals surface area (Å²) in [6, 6.07) is 5.42. The number of hydrazone groups is 1. The molecule has 2 aromatic carbocycles. The van der Waals surface area contributed by atoms with Gasteiger partial charge in [0.25, 0.3) is 0 Å². The number of hydrogen-bond donors (Lipinski definition) is 1. The molecule has 3 rings (SSSR count). The molecule has 0 aliphatic carbocycles. The lowest BCUT2D eigenvalue weighted by molar-refractivity contribution is 0.353. The van der Waals surface area contributed by atoms with E-state index < -0.39 is 11.6 Å². The van der Waals surface area contributed by atoms with Crippen LogP contribution in [-0.2, 0) is 0 Å². The first-order valence-corrected chi connectivity index (χ1v) is 10.2. The molecule has 28 heavy (non-hydrogen) atoms. The molecule has 0 unspecified atom stereocenters. The number of ether oxygens (including phenoxy) is 2. The summed E-state index contributed by atoms with van der Waals surface area (Å²) in [5.74, 6) is -0.694. The van der Waals surface area contributed by atoms with Gasteiger partial charge in [0.15, 0.2) is 23.1 Å². The lowest BCUT2D eigenvalue weighted by Crippen LogP contribution is -1.97. The van der Waals surface area contributed by atoms with Crippen molar-refractivity contribution >= 4 is 54.5 Å². The molecule has 0 saturated heterocycles. The van der Waals surface area contributed by atoms with Gasteiger partial charge in [-0.25, -0.2) is 13.8 Å². The smallest absolute Gasteiger partial charge is 0.203 e. The predicted octanol–water partition coefficient (Wildman–Crippen LogP) is 6.08. The van der Waals surface area contributed by atoms with Gasteiger partial charge in [0.2, 0.25) is 5.13 Å². The number of benzene rings is 2. The van der Waals surface area contributed by atoms with Gasteiger partial charge in [-0.1, -0.05) is 0 Å². The Balaban J connectivity index is 1.78. The topological polar surface area (TPSA) is 55.7 Å². The Morgan fingerprint density at radius 3 is 2.57 bits per heavy atom. The third-order valence-corrected chi connectivity index (χ3v) is 6.55. The third-order valence-electron chi connectivity index (χ3n) is 3.66. The van der Waals surface area contributed by atoms with Gasteiger partial charge < -0.3 is 9.47 Å². The number of anilines is 1. The Bertz CT molecular complexity index is 1040. The van der Waals surface area contributed by atoms with Gasteiger partial charge in [0.1, 0.15) is 0 Å². The van der Waals surface area contributed by atoms with Gasteiger partial charge >= 0.3 is 0 Å². The van der Waals surface area contributed by atoms with Gasteiger partial charge in [-0.2, -0.15) is 5.10 Å². The Labute approximate surface area is 180 Å². The van der Waals surface area contributed by atoms with E-state index in [0.29, 0.717) is 32.4 Å². The van der Waals surface area contributed by atoms with Gasteiger partial charge in [0, 0.05) is 21.0 Å². The molecule has 0 saturated carbocycles. The van der Waals surface area contributed by atoms with Gasteiger partial charge in [-0.15, -0.1) is 11.3 Å². The van der Waals surface area contributed by atoms with Crippen LogP contribution >= 0.6 is 43.2 Å². The summed E-state index contributed by atoms with van der Waals surface area (Å²) >= 11 is 8.24. The van der Waals surface area contributed by atoms with Crippen LogP contribution < -0.4 is 14.9 Å². The number of nitrogens with one attached hydrogen (secondary N) is 1. The third kappa shape index (κ3) is 4.34. The number of thiazole rings is 1. The monoisotopic (exact) mass is 531 g/mol. The van der Waals surface area contributed by atoms with Gasteiger partial charge in [0.05, 0.1) is 30.6 Å². The first-order valence-electron chi connectivity index (χ1n) is 7.74. The van der Waals surface area contributed by atoms with E-state index in [-0.39, 0.29) is 0 Å². The zero-order valence-electron chi connectivity index (χ0n) is 14.6. The molecule has 0 aliphatic rings. The first kappa shape index (κ1) is 20.7. The van der Waals surface area contributed by atoms with E-state index in [1.165, 1.54) is 17.4 Å². The number of methoxy groups -OCH3 is 2. The quantitative estimate of drug-likeness (QED) is 0.309. The summed E-state index contributed by atoms with van der Waals surface area (Å²) in [4.78, 5) is 4.32. The van der Waals surface area contributed by atoms with Crippen LogP contribution in [0.2, 0.25) is 0 Å². The molecule has 1 heterocycles. The highest BCUT2D eigenvalue weighted by molar-refractivity contribution is 9.13. The fourth-order valence-corrected chi connectivity index (χ4v) is 3.96. The highest BCUT2D eigenvalue weighted by Gasteiger charge is 2.15. The SMILES string of the molecule is COc1cc(/C=N/Nc2nc(-c3ccc(F)c(F)c3)cs2)c(Br)c(Br)c1OC. The van der Waals surface area contributed by atoms with E-state index >= 15 is 0 Å². The molecule has 10 heteroatoms. The second-order valence-electron chi connectivity index (χ2n) is 5.37. The lowest BCUT2D eigenvalue weighted by Gasteiger charge is -2.12. The van der Waals surface area contributed by atoms with Crippen LogP contribution in [0.5, 0.6) is 11.5 Å². The summed E-state index contributed by atoms with van der Waals surface area (Å²) in [6.07, 6.45) is 1.59. The Hall–Kier alpha value is -2.04. The summed E-state index contributed by atoms with van der Waals surface area (Å²) in [5, 5.41) is 6.41. The Morgan fingerprint density at radius 2 is 1.89 bits per heavy atom. The van der Waals surface area contributed by atoms with E-state index in [4.69, 9.17) is 9.47 Å². The van der Waals surface area contributed by atoms with Crippen molar-refractivity contribution in [3.63, 3.8) is 0 Å². The molecule has 146 valence electrons. The molecule has 0 fully saturated rings. The maximum absolute atomic E-state index is 13.4. The van der Waals surface area contributed by atoms with E-state index in [1.54, 1.807) is 31.9 Å². The Kier molecular flexibility index (Phi) is 6.63. The van der Waals surface area contributed by atoms with Gasteiger partial charge in [-0.3, -0.25) is 5.43 Å². The van der Waals surface area contributed by atoms with Crippen molar-refractivity contribution in [3.8, 4) is 22.8 Å². The molecule has 0 bridgehead atoms. The molecule has 3 aromatic rings. The van der Waals surface area contributed by atoms with Crippen LogP contribution in [-0.4, -0.2) is 25.4 Å². The zero-order valence-corrected chi connectivity index (χ0v) is 18.6. The molecule has 0 amide bonds. The summed E-state index contributed by atoms with van der Waals surface area (Å²) in [5.41, 5.74) is 4.58. The van der Waals surface area contributed by atoms with Crippen LogP contribution in [0.15, 0.2) is 43.7 Å². The first-order chi connectivity index (χ1) is 13.4. The van der Waals surface area contributed by atoms with Crippen molar-refractivity contribution in [2.45, 2.75) is 0 Å². The van der Waals surface area contributed by atoms with Gasteiger partial charge in [-0.05, 0) is 56.1 Å². The van der Waals surface area contributed by atoms with Crippen molar-refractivity contribution in [2.24, 2.45) is 5.10 Å². The molecular weight excluding hydrogens is 520 g/mol. The van der Waals surface area contributed by atoms with Crippen LogP contribution in [0.3, 0.4) is 0 Å². The summed E-state index contributed by atoms with van der Waals surface area (Å²) < 4.78 is 38.5. The maximum atomic E-state index is 13.4. The van der Waals surface area contributed by atoms with Crippen LogP contribution in [0, 0.1) is 11.6 Å². The van der Waals surface area contributed by atoms with Crippen molar-refractivity contribution in [1.82, 2.24) is 4.98 Å². The van der Waals surface area contributed by atoms with E-state index in [2.05, 4.69) is 47.4 Å². The van der Waals surface area contributed by atoms with E-state index in [9.17, 15) is 8.78 Å². The van der Waals surface area contributed by atoms with E-state index in [1.807, 2.05) is 0 Å². The highest BCUT2D eigenvalue weighted by Crippen LogP contribution is 2.42. The minimum absolute atomic E-state index is 0.485. The molecule has 0 aliphatic heterocycles. The average Bonchev–Trinajstić information content (AvgIpc) is 3.16. The molecule has 1 N–H and O–H groups in total. The van der Waals surface area contributed by atoms with Crippen molar-refractivity contribution in [3.05, 3.63) is 55.8 Å². The molecule has 5 nitrogen and oxygen atoms in total. The fraction of sp³-hybridized carbons (Fsp3) is 0.111. The standard InChI is InChI=1S/C18H13Br2F2N3O2S/c1-26-14-6-10(15(19)16(20)17(14)27-2)7-23-25-18-24-13(8-28-18)9-3-4-11(21)12(22)5-9/h3-8H,1-2H3,(H,24,25)/b23-7+. The second kappa shape index (κ2) is 8.97. The summed E-state index contributed by atoms with van der Waals surface area (Å²) in [6.45, 7) is 0. The molecule has 1 aromatic heterocycles. The highest BCUT2D eigenvalue weighted by atomic mass is 79.9. The minimum atomic E-state index is -0.915. The molecule has 0 radical (unpaired) electrons. The lowest BCUT2D eigenvalue weighted by atomic mass is 10.2. The number of hydrogen-bond acceptors (Lipinski definition) is 6. The fourth-order valence-electron chi connectivity index (χ4n) is 2.31. The largest absolute Gasteiger partial charge is 0.493 e. The number of rotatable bonds is 6. The van der Waals surface area contributed by atoms with E-state index in [0.717, 1.165) is 22.2 Å². The van der Waals surface area contributed by atoms with Crippen molar-refractivity contribution in [2.75, 3.05) is 19.6 Å². The second-order valence-corrected chi connectivity index (χ2v) is 7.81. The zero-order chi connectivity index (χ0) is 20.3. The van der Waals surface area contributed by atoms with Crippen LogP contribution in [0.1, 0.15) is 5.56 Å². The molecule has 0 spiro atoms. The average molecular weight is 533 g/mol. The molecular formula is C18H13Br2F2N3O2S. The van der Waals surface area contributed by atoms with Crippen molar-refractivity contribution < 1.29 is 18.3 Å². The number of nitrogens with zero attached hydrogens (tertiary/aromatic N) is 2. The predicted molar refractivity (Wildman–Crippen MR) is 114 cm³/mol. The molecule has 0 atom stereocenters. The normalized spacial score (nSPS) is 11.1. The van der Waals surface area contributed by atoms with Crippen LogP contribution in [0.25, 0.3) is 11.3 Å². The summed E-state index contributed by atoms with van der Waals surface area (Å²) in [7, 11) is 3.10. The number of aromatic nitrogens is 1. The minimum Gasteiger partial charge on any atom is -0.493 e. The Morgan fingerprint density at radius 1 is 1.11 bits per heavy atom. The van der Waals surface area contributed by atoms with Crippen molar-refractivity contribution in [1.29, 1.82) is 0 Å². The number of halogens is 4. The maximum Gasteiger partial charge on any atom is 0.203 e.